The molecule has 1 saturated heterocycles. The van der Waals surface area contributed by atoms with Crippen LogP contribution in [-0.4, -0.2) is 30.1 Å². The number of aromatic nitrogens is 1. The van der Waals surface area contributed by atoms with Crippen LogP contribution in [0.3, 0.4) is 0 Å². The van der Waals surface area contributed by atoms with Gasteiger partial charge in [0.2, 0.25) is 5.91 Å². The van der Waals surface area contributed by atoms with Gasteiger partial charge in [-0.1, -0.05) is 12.1 Å². The van der Waals surface area contributed by atoms with Crippen molar-refractivity contribution < 1.29 is 9.53 Å². The Labute approximate surface area is 136 Å². The molecule has 0 saturated carbocycles. The van der Waals surface area contributed by atoms with Crippen LogP contribution in [0.5, 0.6) is 0 Å². The van der Waals surface area contributed by atoms with Crippen LogP contribution < -0.4 is 4.90 Å². The lowest BCUT2D eigenvalue weighted by Crippen LogP contribution is -2.52. The van der Waals surface area contributed by atoms with Gasteiger partial charge >= 0.3 is 0 Å². The van der Waals surface area contributed by atoms with E-state index in [9.17, 15) is 4.79 Å². The zero-order valence-electron chi connectivity index (χ0n) is 13.7. The van der Waals surface area contributed by atoms with Gasteiger partial charge in [0.1, 0.15) is 0 Å². The van der Waals surface area contributed by atoms with Gasteiger partial charge in [0.25, 0.3) is 0 Å². The highest BCUT2D eigenvalue weighted by Gasteiger charge is 2.47. The number of pyridine rings is 1. The molecule has 2 aliphatic rings. The summed E-state index contributed by atoms with van der Waals surface area (Å²) in [5.74, 6) is 0.170. The van der Waals surface area contributed by atoms with Crippen LogP contribution in [0.15, 0.2) is 36.5 Å². The molecule has 1 aromatic heterocycles. The molecule has 1 amide bonds. The molecule has 0 bridgehead atoms. The highest BCUT2D eigenvalue weighted by Crippen LogP contribution is 2.45. The first kappa shape index (κ1) is 14.4. The molecule has 0 radical (unpaired) electrons. The quantitative estimate of drug-likeness (QED) is 0.856. The van der Waals surface area contributed by atoms with Gasteiger partial charge in [-0.2, -0.15) is 0 Å². The normalized spacial score (nSPS) is 19.6. The first-order valence-electron chi connectivity index (χ1n) is 7.97. The maximum absolute atomic E-state index is 12.9. The summed E-state index contributed by atoms with van der Waals surface area (Å²) in [7, 11) is 0. The highest BCUT2D eigenvalue weighted by molar-refractivity contribution is 6.08. The zero-order chi connectivity index (χ0) is 16.2. The van der Waals surface area contributed by atoms with Crippen molar-refractivity contribution in [2.24, 2.45) is 0 Å². The third-order valence-corrected chi connectivity index (χ3v) is 4.90. The fourth-order valence-corrected chi connectivity index (χ4v) is 3.42. The lowest BCUT2D eigenvalue weighted by atomic mass is 9.85. The fraction of sp³-hybridized carbons (Fsp3) is 0.368. The largest absolute Gasteiger partial charge is 0.377 e. The molecule has 4 heteroatoms. The van der Waals surface area contributed by atoms with Gasteiger partial charge in [-0.15, -0.1) is 0 Å². The molecule has 118 valence electrons. The van der Waals surface area contributed by atoms with Crippen molar-refractivity contribution in [1.82, 2.24) is 4.98 Å². The number of rotatable bonds is 2. The molecule has 1 aromatic carbocycles. The van der Waals surface area contributed by atoms with Crippen molar-refractivity contribution in [2.75, 3.05) is 18.1 Å². The molecule has 23 heavy (non-hydrogen) atoms. The second kappa shape index (κ2) is 4.90. The monoisotopic (exact) mass is 308 g/mol. The third-order valence-electron chi connectivity index (χ3n) is 4.90. The van der Waals surface area contributed by atoms with Crippen molar-refractivity contribution >= 4 is 11.6 Å². The van der Waals surface area contributed by atoms with Gasteiger partial charge < -0.3 is 9.64 Å². The van der Waals surface area contributed by atoms with Crippen molar-refractivity contribution in [1.29, 1.82) is 0 Å². The third kappa shape index (κ3) is 2.09. The van der Waals surface area contributed by atoms with Crippen molar-refractivity contribution in [3.05, 3.63) is 47.8 Å². The minimum Gasteiger partial charge on any atom is -0.377 e. The molecule has 0 spiro atoms. The van der Waals surface area contributed by atoms with Crippen LogP contribution in [0.25, 0.3) is 11.1 Å². The lowest BCUT2D eigenvalue weighted by Gasteiger charge is -2.35. The lowest BCUT2D eigenvalue weighted by molar-refractivity contribution is -0.124. The highest BCUT2D eigenvalue weighted by atomic mass is 16.5. The summed E-state index contributed by atoms with van der Waals surface area (Å²) < 4.78 is 5.31. The van der Waals surface area contributed by atoms with E-state index in [1.807, 2.05) is 37.9 Å². The van der Waals surface area contributed by atoms with Crippen LogP contribution >= 0.6 is 0 Å². The van der Waals surface area contributed by atoms with E-state index in [-0.39, 0.29) is 11.9 Å². The van der Waals surface area contributed by atoms with Gasteiger partial charge in [-0.25, -0.2) is 0 Å². The Morgan fingerprint density at radius 1 is 1.17 bits per heavy atom. The molecule has 4 nitrogen and oxygen atoms in total. The first-order valence-corrected chi connectivity index (χ1v) is 7.97. The number of anilines is 1. The molecule has 3 heterocycles. The maximum atomic E-state index is 12.9. The van der Waals surface area contributed by atoms with Crippen molar-refractivity contribution in [3.8, 4) is 11.1 Å². The van der Waals surface area contributed by atoms with E-state index in [1.54, 1.807) is 0 Å². The van der Waals surface area contributed by atoms with E-state index in [1.165, 1.54) is 0 Å². The van der Waals surface area contributed by atoms with Crippen molar-refractivity contribution in [3.63, 3.8) is 0 Å². The smallest absolute Gasteiger partial charge is 0.237 e. The van der Waals surface area contributed by atoms with Crippen molar-refractivity contribution in [2.45, 2.75) is 32.2 Å². The number of carbonyl (C=O) groups excluding carboxylic acids is 1. The minimum absolute atomic E-state index is 0.164. The van der Waals surface area contributed by atoms with Crippen LogP contribution in [0.4, 0.5) is 5.69 Å². The molecule has 2 aromatic rings. The molecule has 4 rings (SSSR count). The Bertz CT molecular complexity index is 794. The van der Waals surface area contributed by atoms with E-state index in [2.05, 4.69) is 29.2 Å². The predicted octanol–water partition coefficient (Wildman–Crippen LogP) is 3.08. The number of carbonyl (C=O) groups is 1. The Morgan fingerprint density at radius 3 is 2.57 bits per heavy atom. The molecule has 0 aliphatic carbocycles. The molecular formula is C19H20N2O2. The Balaban J connectivity index is 1.84. The van der Waals surface area contributed by atoms with Crippen LogP contribution in [0, 0.1) is 6.92 Å². The summed E-state index contributed by atoms with van der Waals surface area (Å²) in [6.07, 6.45) is 1.82. The predicted molar refractivity (Wildman–Crippen MR) is 89.5 cm³/mol. The van der Waals surface area contributed by atoms with E-state index in [0.717, 1.165) is 28.1 Å². The summed E-state index contributed by atoms with van der Waals surface area (Å²) in [5, 5.41) is 0. The number of nitrogens with zero attached hydrogens (tertiary/aromatic N) is 2. The van der Waals surface area contributed by atoms with Gasteiger partial charge in [-0.3, -0.25) is 9.78 Å². The molecule has 0 N–H and O–H groups in total. The molecule has 0 atom stereocenters. The standard InChI is InChI=1S/C19H20N2O2/c1-12-8-14(6-7-20-12)13-4-5-16-17(9-13)21(15-10-23-11-15)18(22)19(16,2)3/h4-9,15H,10-11H2,1-3H3. The molecule has 1 fully saturated rings. The number of aryl methyl sites for hydroxylation is 1. The topological polar surface area (TPSA) is 42.4 Å². The van der Waals surface area contributed by atoms with E-state index in [0.29, 0.717) is 13.2 Å². The summed E-state index contributed by atoms with van der Waals surface area (Å²) in [4.78, 5) is 19.1. The number of hydrogen-bond acceptors (Lipinski definition) is 3. The van der Waals surface area contributed by atoms with Gasteiger partial charge in [-0.05, 0) is 55.7 Å². The number of hydrogen-bond donors (Lipinski definition) is 0. The summed E-state index contributed by atoms with van der Waals surface area (Å²) in [6.45, 7) is 7.25. The Kier molecular flexibility index (Phi) is 3.07. The number of fused-ring (bicyclic) bond motifs is 1. The van der Waals surface area contributed by atoms with Crippen LogP contribution in [0.1, 0.15) is 25.1 Å². The second-order valence-corrected chi connectivity index (χ2v) is 6.91. The van der Waals surface area contributed by atoms with Gasteiger partial charge in [0.05, 0.1) is 24.7 Å². The van der Waals surface area contributed by atoms with Gasteiger partial charge in [0.15, 0.2) is 0 Å². The second-order valence-electron chi connectivity index (χ2n) is 6.91. The van der Waals surface area contributed by atoms with Crippen LogP contribution in [0.2, 0.25) is 0 Å². The van der Waals surface area contributed by atoms with E-state index < -0.39 is 5.41 Å². The number of ether oxygens (including phenoxy) is 1. The van der Waals surface area contributed by atoms with E-state index >= 15 is 0 Å². The number of benzene rings is 1. The van der Waals surface area contributed by atoms with Gasteiger partial charge in [0, 0.05) is 17.6 Å². The Morgan fingerprint density at radius 2 is 1.91 bits per heavy atom. The SMILES string of the molecule is Cc1cc(-c2ccc3c(c2)N(C2COC2)C(=O)C3(C)C)ccn1. The average Bonchev–Trinajstić information content (AvgIpc) is 2.67. The minimum atomic E-state index is -0.475. The van der Waals surface area contributed by atoms with Crippen LogP contribution in [-0.2, 0) is 14.9 Å². The summed E-state index contributed by atoms with van der Waals surface area (Å²) in [6, 6.07) is 10.6. The molecule has 0 unspecified atom stereocenters. The first-order chi connectivity index (χ1) is 11.0. The summed E-state index contributed by atoms with van der Waals surface area (Å²) >= 11 is 0. The maximum Gasteiger partial charge on any atom is 0.237 e. The zero-order valence-corrected chi connectivity index (χ0v) is 13.7. The molecule has 2 aliphatic heterocycles. The van der Waals surface area contributed by atoms with E-state index in [4.69, 9.17) is 4.74 Å². The summed E-state index contributed by atoms with van der Waals surface area (Å²) in [5.41, 5.74) is 4.89. The Hall–Kier alpha value is -2.20. The average molecular weight is 308 g/mol. The number of amides is 1. The fourth-order valence-electron chi connectivity index (χ4n) is 3.42. The molecular weight excluding hydrogens is 288 g/mol.